The summed E-state index contributed by atoms with van der Waals surface area (Å²) in [6.45, 7) is 4.34. The minimum absolute atomic E-state index is 0.0117. The third-order valence-corrected chi connectivity index (χ3v) is 2.42. The second-order valence-electron chi connectivity index (χ2n) is 3.91. The molecule has 1 aromatic rings. The van der Waals surface area contributed by atoms with Crippen LogP contribution in [0, 0.1) is 0 Å². The van der Waals surface area contributed by atoms with Crippen LogP contribution in [0.3, 0.4) is 0 Å². The molecular formula is C14H18O5. The van der Waals surface area contributed by atoms with Gasteiger partial charge in [0.25, 0.3) is 0 Å². The maximum atomic E-state index is 11.7. The van der Waals surface area contributed by atoms with Gasteiger partial charge in [-0.25, -0.2) is 4.79 Å². The van der Waals surface area contributed by atoms with Gasteiger partial charge in [-0.1, -0.05) is 0 Å². The van der Waals surface area contributed by atoms with Gasteiger partial charge in [0.15, 0.2) is 0 Å². The van der Waals surface area contributed by atoms with Gasteiger partial charge in [0.1, 0.15) is 5.75 Å². The number of aryl methyl sites for hydroxylation is 1. The van der Waals surface area contributed by atoms with Crippen molar-refractivity contribution >= 4 is 11.9 Å². The molecule has 0 radical (unpaired) electrons. The summed E-state index contributed by atoms with van der Waals surface area (Å²) in [7, 11) is 0. The molecule has 0 heterocycles. The van der Waals surface area contributed by atoms with E-state index in [9.17, 15) is 9.59 Å². The summed E-state index contributed by atoms with van der Waals surface area (Å²) < 4.78 is 10.3. The molecule has 0 fully saturated rings. The van der Waals surface area contributed by atoms with Crippen molar-refractivity contribution in [1.29, 1.82) is 0 Å². The quantitative estimate of drug-likeness (QED) is 0.766. The Hall–Kier alpha value is -2.04. The summed E-state index contributed by atoms with van der Waals surface area (Å²) in [5.74, 6) is -0.756. The van der Waals surface area contributed by atoms with E-state index >= 15 is 0 Å². The Morgan fingerprint density at radius 3 is 2.47 bits per heavy atom. The number of benzene rings is 1. The third kappa shape index (κ3) is 4.99. The highest BCUT2D eigenvalue weighted by Gasteiger charge is 2.11. The fourth-order valence-corrected chi connectivity index (χ4v) is 1.64. The van der Waals surface area contributed by atoms with Crippen LogP contribution in [-0.4, -0.2) is 30.3 Å². The average molecular weight is 266 g/mol. The summed E-state index contributed by atoms with van der Waals surface area (Å²) in [6, 6.07) is 4.99. The van der Waals surface area contributed by atoms with Crippen LogP contribution >= 0.6 is 0 Å². The van der Waals surface area contributed by atoms with Crippen molar-refractivity contribution in [1.82, 2.24) is 0 Å². The van der Waals surface area contributed by atoms with Crippen molar-refractivity contribution in [2.24, 2.45) is 0 Å². The van der Waals surface area contributed by atoms with E-state index in [1.54, 1.807) is 25.1 Å². The highest BCUT2D eigenvalue weighted by molar-refractivity contribution is 5.90. The van der Waals surface area contributed by atoms with Gasteiger partial charge in [0, 0.05) is 6.42 Å². The molecule has 0 saturated carbocycles. The zero-order valence-corrected chi connectivity index (χ0v) is 11.1. The number of ether oxygens (including phenoxy) is 2. The first-order valence-electron chi connectivity index (χ1n) is 6.22. The van der Waals surface area contributed by atoms with Gasteiger partial charge in [-0.2, -0.15) is 0 Å². The molecule has 104 valence electrons. The van der Waals surface area contributed by atoms with Crippen molar-refractivity contribution < 1.29 is 24.2 Å². The fourth-order valence-electron chi connectivity index (χ4n) is 1.64. The number of carboxylic acids is 1. The Bertz CT molecular complexity index is 453. The second kappa shape index (κ2) is 7.41. The molecule has 1 aromatic carbocycles. The Morgan fingerprint density at radius 1 is 1.16 bits per heavy atom. The molecule has 0 spiro atoms. The van der Waals surface area contributed by atoms with E-state index in [1.165, 1.54) is 0 Å². The highest BCUT2D eigenvalue weighted by atomic mass is 16.5. The first-order valence-corrected chi connectivity index (χ1v) is 6.22. The van der Waals surface area contributed by atoms with E-state index in [1.807, 2.05) is 6.92 Å². The summed E-state index contributed by atoms with van der Waals surface area (Å²) in [5.41, 5.74) is 1.13. The molecule has 0 bridgehead atoms. The third-order valence-electron chi connectivity index (χ3n) is 2.42. The Balaban J connectivity index is 2.95. The summed E-state index contributed by atoms with van der Waals surface area (Å²) in [4.78, 5) is 22.3. The number of carboxylic acid groups (broad SMARTS) is 1. The molecule has 0 aliphatic heterocycles. The monoisotopic (exact) mass is 266 g/mol. The number of carbonyl (C=O) groups is 2. The highest BCUT2D eigenvalue weighted by Crippen LogP contribution is 2.19. The van der Waals surface area contributed by atoms with Crippen molar-refractivity contribution in [2.45, 2.75) is 26.7 Å². The van der Waals surface area contributed by atoms with Crippen LogP contribution in [0.25, 0.3) is 0 Å². The van der Waals surface area contributed by atoms with E-state index in [-0.39, 0.29) is 6.42 Å². The Labute approximate surface area is 112 Å². The molecule has 5 nitrogen and oxygen atoms in total. The van der Waals surface area contributed by atoms with Crippen molar-refractivity contribution in [2.75, 3.05) is 13.2 Å². The van der Waals surface area contributed by atoms with Crippen LogP contribution in [0.5, 0.6) is 5.75 Å². The lowest BCUT2D eigenvalue weighted by atomic mass is 10.1. The zero-order valence-electron chi connectivity index (χ0n) is 11.1. The van der Waals surface area contributed by atoms with Crippen LogP contribution in [0.1, 0.15) is 36.2 Å². The lowest BCUT2D eigenvalue weighted by Crippen LogP contribution is -2.07. The van der Waals surface area contributed by atoms with Gasteiger partial charge < -0.3 is 14.6 Å². The van der Waals surface area contributed by atoms with Crippen LogP contribution in [-0.2, 0) is 16.0 Å². The van der Waals surface area contributed by atoms with E-state index < -0.39 is 11.9 Å². The normalized spacial score (nSPS) is 10.0. The number of rotatable bonds is 7. The lowest BCUT2D eigenvalue weighted by Gasteiger charge is -2.09. The predicted octanol–water partition coefficient (Wildman–Crippen LogP) is 2.28. The first kappa shape index (κ1) is 15.0. The maximum Gasteiger partial charge on any atom is 0.338 e. The van der Waals surface area contributed by atoms with Gasteiger partial charge in [-0.05, 0) is 44.0 Å². The van der Waals surface area contributed by atoms with Crippen molar-refractivity contribution in [3.63, 3.8) is 0 Å². The van der Waals surface area contributed by atoms with E-state index in [4.69, 9.17) is 14.6 Å². The number of hydrogen-bond donors (Lipinski definition) is 1. The predicted molar refractivity (Wildman–Crippen MR) is 69.5 cm³/mol. The molecule has 5 heteroatoms. The fraction of sp³-hybridized carbons (Fsp3) is 0.429. The first-order chi connectivity index (χ1) is 9.06. The molecule has 0 unspecified atom stereocenters. The minimum atomic E-state index is -0.875. The number of esters is 1. The summed E-state index contributed by atoms with van der Waals surface area (Å²) in [6.07, 6.45) is 0.362. The van der Waals surface area contributed by atoms with Crippen LogP contribution in [0.4, 0.5) is 0 Å². The van der Waals surface area contributed by atoms with Gasteiger partial charge in [0.2, 0.25) is 0 Å². The van der Waals surface area contributed by atoms with E-state index in [0.29, 0.717) is 30.9 Å². The summed E-state index contributed by atoms with van der Waals surface area (Å²) >= 11 is 0. The van der Waals surface area contributed by atoms with E-state index in [0.717, 1.165) is 5.56 Å². The maximum absolute atomic E-state index is 11.7. The number of hydrogen-bond acceptors (Lipinski definition) is 4. The SMILES string of the molecule is CCOC(=O)c1cc(CCC(=O)O)cc(OCC)c1. The molecule has 1 rings (SSSR count). The minimum Gasteiger partial charge on any atom is -0.494 e. The Morgan fingerprint density at radius 2 is 1.89 bits per heavy atom. The van der Waals surface area contributed by atoms with Crippen LogP contribution in [0.2, 0.25) is 0 Å². The molecule has 19 heavy (non-hydrogen) atoms. The van der Waals surface area contributed by atoms with Crippen molar-refractivity contribution in [3.8, 4) is 5.75 Å². The molecular weight excluding hydrogens is 248 g/mol. The topological polar surface area (TPSA) is 72.8 Å². The lowest BCUT2D eigenvalue weighted by molar-refractivity contribution is -0.136. The summed E-state index contributed by atoms with van der Waals surface area (Å²) in [5, 5.41) is 8.69. The van der Waals surface area contributed by atoms with E-state index in [2.05, 4.69) is 0 Å². The molecule has 0 aromatic heterocycles. The van der Waals surface area contributed by atoms with Gasteiger partial charge in [-0.3, -0.25) is 4.79 Å². The van der Waals surface area contributed by atoms with Gasteiger partial charge in [0.05, 0.1) is 18.8 Å². The van der Waals surface area contributed by atoms with Crippen LogP contribution in [0.15, 0.2) is 18.2 Å². The van der Waals surface area contributed by atoms with Gasteiger partial charge in [-0.15, -0.1) is 0 Å². The Kier molecular flexibility index (Phi) is 5.85. The average Bonchev–Trinajstić information content (AvgIpc) is 2.37. The molecule has 0 aliphatic rings. The zero-order chi connectivity index (χ0) is 14.3. The van der Waals surface area contributed by atoms with Crippen LogP contribution < -0.4 is 4.74 Å². The largest absolute Gasteiger partial charge is 0.494 e. The smallest absolute Gasteiger partial charge is 0.338 e. The molecule has 0 aliphatic carbocycles. The second-order valence-corrected chi connectivity index (χ2v) is 3.91. The molecule has 0 saturated heterocycles. The number of aliphatic carboxylic acids is 1. The number of carbonyl (C=O) groups excluding carboxylic acids is 1. The molecule has 0 atom stereocenters. The molecule has 0 amide bonds. The molecule has 1 N–H and O–H groups in total. The standard InChI is InChI=1S/C14H18O5/c1-3-18-12-8-10(5-6-13(15)16)7-11(9-12)14(17)19-4-2/h7-9H,3-6H2,1-2H3,(H,15,16). The van der Waals surface area contributed by atoms with Crippen molar-refractivity contribution in [3.05, 3.63) is 29.3 Å². The van der Waals surface area contributed by atoms with Gasteiger partial charge >= 0.3 is 11.9 Å².